The van der Waals surface area contributed by atoms with Gasteiger partial charge in [0, 0.05) is 37.3 Å². The van der Waals surface area contributed by atoms with Crippen molar-refractivity contribution >= 4 is 5.97 Å². The van der Waals surface area contributed by atoms with Gasteiger partial charge in [-0.05, 0) is 27.8 Å². The Hall–Kier alpha value is -0.870. The molecule has 0 aromatic heterocycles. The Morgan fingerprint density at radius 2 is 2.06 bits per heavy atom. The van der Waals surface area contributed by atoms with Gasteiger partial charge < -0.3 is 4.74 Å². The van der Waals surface area contributed by atoms with Gasteiger partial charge in [-0.1, -0.05) is 6.08 Å². The van der Waals surface area contributed by atoms with Gasteiger partial charge in [0.15, 0.2) is 0 Å². The number of hydrogen-bond donors (Lipinski definition) is 0. The highest BCUT2D eigenvalue weighted by Gasteiger charge is 2.30. The maximum atomic E-state index is 11.2. The summed E-state index contributed by atoms with van der Waals surface area (Å²) >= 11 is 0. The molecule has 0 spiro atoms. The first-order valence-corrected chi connectivity index (χ1v) is 6.05. The van der Waals surface area contributed by atoms with Crippen LogP contribution in [0.15, 0.2) is 11.6 Å². The van der Waals surface area contributed by atoms with E-state index in [9.17, 15) is 4.79 Å². The lowest BCUT2D eigenvalue weighted by molar-refractivity contribution is -0.136. The van der Waals surface area contributed by atoms with Crippen molar-refractivity contribution in [3.8, 4) is 0 Å². The van der Waals surface area contributed by atoms with E-state index in [1.165, 1.54) is 7.11 Å². The van der Waals surface area contributed by atoms with Crippen LogP contribution in [0.2, 0.25) is 0 Å². The third kappa shape index (κ3) is 3.82. The first-order chi connectivity index (χ1) is 7.86. The van der Waals surface area contributed by atoms with Crippen LogP contribution in [0.3, 0.4) is 0 Å². The smallest absolute Gasteiger partial charge is 0.333 e. The van der Waals surface area contributed by atoms with E-state index in [4.69, 9.17) is 0 Å². The van der Waals surface area contributed by atoms with E-state index >= 15 is 0 Å². The first-order valence-electron chi connectivity index (χ1n) is 6.05. The summed E-state index contributed by atoms with van der Waals surface area (Å²) in [6.45, 7) is 10.2. The van der Waals surface area contributed by atoms with Gasteiger partial charge in [0.1, 0.15) is 0 Å². The number of piperazine rings is 1. The fraction of sp³-hybridized carbons (Fsp3) is 0.769. The van der Waals surface area contributed by atoms with Gasteiger partial charge in [-0.25, -0.2) is 4.79 Å². The standard InChI is InChI=1S/C13H24N2O2/c1-11(12(16)17-5)6-7-15-9-8-14(4)13(2,3)10-15/h6H,7-10H2,1-5H3. The molecule has 0 N–H and O–H groups in total. The van der Waals surface area contributed by atoms with E-state index in [2.05, 4.69) is 35.4 Å². The van der Waals surface area contributed by atoms with Gasteiger partial charge in [0.25, 0.3) is 0 Å². The topological polar surface area (TPSA) is 32.8 Å². The Bertz CT molecular complexity index is 311. The highest BCUT2D eigenvalue weighted by atomic mass is 16.5. The van der Waals surface area contributed by atoms with Gasteiger partial charge in [0.2, 0.25) is 0 Å². The maximum absolute atomic E-state index is 11.2. The molecule has 4 heteroatoms. The summed E-state index contributed by atoms with van der Waals surface area (Å²) in [5.41, 5.74) is 0.884. The molecule has 1 fully saturated rings. The van der Waals surface area contributed by atoms with Crippen LogP contribution in [0, 0.1) is 0 Å². The van der Waals surface area contributed by atoms with Crippen molar-refractivity contribution in [3.63, 3.8) is 0 Å². The van der Waals surface area contributed by atoms with Gasteiger partial charge in [-0.15, -0.1) is 0 Å². The van der Waals surface area contributed by atoms with Crippen LogP contribution in [-0.4, -0.2) is 61.6 Å². The summed E-state index contributed by atoms with van der Waals surface area (Å²) in [6.07, 6.45) is 1.95. The Labute approximate surface area is 104 Å². The zero-order chi connectivity index (χ0) is 13.1. The number of likely N-dealkylation sites (N-methyl/N-ethyl adjacent to an activating group) is 1. The number of esters is 1. The number of carbonyl (C=O) groups is 1. The molecule has 4 nitrogen and oxygen atoms in total. The Morgan fingerprint density at radius 3 is 2.59 bits per heavy atom. The quantitative estimate of drug-likeness (QED) is 0.547. The molecule has 1 saturated heterocycles. The molecule has 0 atom stereocenters. The fourth-order valence-electron chi connectivity index (χ4n) is 2.01. The van der Waals surface area contributed by atoms with Crippen molar-refractivity contribution in [1.29, 1.82) is 0 Å². The summed E-state index contributed by atoms with van der Waals surface area (Å²) in [4.78, 5) is 16.0. The van der Waals surface area contributed by atoms with E-state index < -0.39 is 0 Å². The second kappa shape index (κ2) is 5.65. The lowest BCUT2D eigenvalue weighted by Gasteiger charge is -2.45. The van der Waals surface area contributed by atoms with Crippen LogP contribution in [0.5, 0.6) is 0 Å². The minimum Gasteiger partial charge on any atom is -0.466 e. The average molecular weight is 240 g/mol. The second-order valence-electron chi connectivity index (χ2n) is 5.35. The number of methoxy groups -OCH3 is 1. The van der Waals surface area contributed by atoms with E-state index in [0.29, 0.717) is 5.57 Å². The zero-order valence-corrected chi connectivity index (χ0v) is 11.6. The average Bonchev–Trinajstić information content (AvgIpc) is 2.29. The summed E-state index contributed by atoms with van der Waals surface area (Å²) in [7, 11) is 3.57. The Balaban J connectivity index is 2.51. The van der Waals surface area contributed by atoms with Crippen LogP contribution < -0.4 is 0 Å². The SMILES string of the molecule is COC(=O)C(C)=CCN1CCN(C)C(C)(C)C1. The monoisotopic (exact) mass is 240 g/mol. The molecule has 98 valence electrons. The molecule has 0 aliphatic carbocycles. The van der Waals surface area contributed by atoms with Crippen molar-refractivity contribution in [2.75, 3.05) is 40.3 Å². The number of rotatable bonds is 3. The minimum absolute atomic E-state index is 0.200. The van der Waals surface area contributed by atoms with Crippen molar-refractivity contribution in [3.05, 3.63) is 11.6 Å². The molecule has 17 heavy (non-hydrogen) atoms. The molecule has 1 aliphatic rings. The molecule has 0 radical (unpaired) electrons. The number of carbonyl (C=O) groups excluding carboxylic acids is 1. The zero-order valence-electron chi connectivity index (χ0n) is 11.6. The predicted octanol–water partition coefficient (Wildman–Crippen LogP) is 1.13. The third-order valence-electron chi connectivity index (χ3n) is 3.56. The van der Waals surface area contributed by atoms with E-state index in [0.717, 1.165) is 26.2 Å². The van der Waals surface area contributed by atoms with Crippen molar-refractivity contribution in [2.45, 2.75) is 26.3 Å². The molecule has 1 rings (SSSR count). The van der Waals surface area contributed by atoms with Gasteiger partial charge in [-0.2, -0.15) is 0 Å². The van der Waals surface area contributed by atoms with Crippen LogP contribution in [0.1, 0.15) is 20.8 Å². The highest BCUT2D eigenvalue weighted by molar-refractivity contribution is 5.87. The predicted molar refractivity (Wildman–Crippen MR) is 68.9 cm³/mol. The molecule has 0 saturated carbocycles. The molecular formula is C13H24N2O2. The first kappa shape index (κ1) is 14.2. The van der Waals surface area contributed by atoms with E-state index in [-0.39, 0.29) is 11.5 Å². The maximum Gasteiger partial charge on any atom is 0.333 e. The van der Waals surface area contributed by atoms with Crippen LogP contribution in [0.25, 0.3) is 0 Å². The van der Waals surface area contributed by atoms with Crippen molar-refractivity contribution in [2.24, 2.45) is 0 Å². The molecule has 0 aromatic rings. The molecule has 1 heterocycles. The number of nitrogens with zero attached hydrogens (tertiary/aromatic N) is 2. The van der Waals surface area contributed by atoms with Crippen molar-refractivity contribution < 1.29 is 9.53 Å². The van der Waals surface area contributed by atoms with E-state index in [1.54, 1.807) is 6.92 Å². The third-order valence-corrected chi connectivity index (χ3v) is 3.56. The molecule has 0 aromatic carbocycles. The summed E-state index contributed by atoms with van der Waals surface area (Å²) in [5, 5.41) is 0. The normalized spacial score (nSPS) is 22.5. The molecular weight excluding hydrogens is 216 g/mol. The lowest BCUT2D eigenvalue weighted by Crippen LogP contribution is -2.57. The summed E-state index contributed by atoms with van der Waals surface area (Å²) in [6, 6.07) is 0. The van der Waals surface area contributed by atoms with Crippen molar-refractivity contribution in [1.82, 2.24) is 9.80 Å². The minimum atomic E-state index is -0.238. The second-order valence-corrected chi connectivity index (χ2v) is 5.35. The summed E-state index contributed by atoms with van der Waals surface area (Å²) in [5.74, 6) is -0.238. The largest absolute Gasteiger partial charge is 0.466 e. The van der Waals surface area contributed by atoms with E-state index in [1.807, 2.05) is 6.08 Å². The molecule has 1 aliphatic heterocycles. The molecule has 0 unspecified atom stereocenters. The number of hydrogen-bond acceptors (Lipinski definition) is 4. The summed E-state index contributed by atoms with van der Waals surface area (Å²) < 4.78 is 4.68. The number of ether oxygens (including phenoxy) is 1. The lowest BCUT2D eigenvalue weighted by atomic mass is 10.00. The molecule has 0 amide bonds. The Kier molecular flexibility index (Phi) is 4.71. The van der Waals surface area contributed by atoms with Gasteiger partial charge in [-0.3, -0.25) is 9.80 Å². The molecule has 0 bridgehead atoms. The fourth-order valence-corrected chi connectivity index (χ4v) is 2.01. The van der Waals surface area contributed by atoms with Crippen LogP contribution in [0.4, 0.5) is 0 Å². The Morgan fingerprint density at radius 1 is 1.41 bits per heavy atom. The van der Waals surface area contributed by atoms with Gasteiger partial charge in [0.05, 0.1) is 7.11 Å². The van der Waals surface area contributed by atoms with Gasteiger partial charge >= 0.3 is 5.97 Å². The van der Waals surface area contributed by atoms with Crippen LogP contribution in [-0.2, 0) is 9.53 Å². The highest BCUT2D eigenvalue weighted by Crippen LogP contribution is 2.18. The van der Waals surface area contributed by atoms with Crippen LogP contribution >= 0.6 is 0 Å².